The van der Waals surface area contributed by atoms with E-state index >= 15 is 0 Å². The molecule has 0 atom stereocenters. The van der Waals surface area contributed by atoms with Crippen molar-refractivity contribution in [2.24, 2.45) is 0 Å². The first-order valence-corrected chi connectivity index (χ1v) is 6.05. The first kappa shape index (κ1) is 12.7. The highest BCUT2D eigenvalue weighted by atomic mass is 79.9. The summed E-state index contributed by atoms with van der Waals surface area (Å²) in [5, 5.41) is 2.67. The highest BCUT2D eigenvalue weighted by Gasteiger charge is 2.09. The number of nitrogens with one attached hydrogen (secondary N) is 1. The number of carbonyl (C=O) groups is 1. The zero-order valence-corrected chi connectivity index (χ0v) is 11.2. The minimum atomic E-state index is -0.673. The van der Waals surface area contributed by atoms with Gasteiger partial charge in [-0.05, 0) is 42.8 Å². The second kappa shape index (κ2) is 5.27. The van der Waals surface area contributed by atoms with Gasteiger partial charge in [-0.2, -0.15) is 4.39 Å². The molecule has 0 saturated carbocycles. The van der Waals surface area contributed by atoms with Gasteiger partial charge >= 0.3 is 0 Å². The van der Waals surface area contributed by atoms with Gasteiger partial charge in [0.05, 0.1) is 0 Å². The third-order valence-corrected chi connectivity index (χ3v) is 2.71. The zero-order valence-electron chi connectivity index (χ0n) is 9.58. The van der Waals surface area contributed by atoms with Gasteiger partial charge in [0.2, 0.25) is 5.95 Å². The van der Waals surface area contributed by atoms with Crippen molar-refractivity contribution >= 4 is 27.5 Å². The van der Waals surface area contributed by atoms with Crippen molar-refractivity contribution in [2.75, 3.05) is 5.32 Å². The van der Waals surface area contributed by atoms with Crippen molar-refractivity contribution in [3.8, 4) is 0 Å². The molecule has 0 fully saturated rings. The molecule has 0 aliphatic rings. The van der Waals surface area contributed by atoms with Gasteiger partial charge in [-0.1, -0.05) is 22.0 Å². The number of aryl methyl sites for hydroxylation is 1. The zero-order chi connectivity index (χ0) is 13.1. The molecule has 18 heavy (non-hydrogen) atoms. The fraction of sp³-hybridized carbons (Fsp3) is 0.0769. The second-order valence-corrected chi connectivity index (χ2v) is 4.73. The van der Waals surface area contributed by atoms with Crippen LogP contribution >= 0.6 is 15.9 Å². The number of hydrogen-bond acceptors (Lipinski definition) is 2. The quantitative estimate of drug-likeness (QED) is 0.862. The molecule has 1 heterocycles. The Bertz CT molecular complexity index is 581. The molecule has 0 spiro atoms. The minimum Gasteiger partial charge on any atom is -0.321 e. The smallest absolute Gasteiger partial charge is 0.274 e. The lowest BCUT2D eigenvalue weighted by Gasteiger charge is -2.06. The Labute approximate surface area is 112 Å². The number of halogens is 2. The molecule has 92 valence electrons. The summed E-state index contributed by atoms with van der Waals surface area (Å²) < 4.78 is 13.8. The summed E-state index contributed by atoms with van der Waals surface area (Å²) in [7, 11) is 0. The van der Waals surface area contributed by atoms with Crippen molar-refractivity contribution < 1.29 is 9.18 Å². The predicted octanol–water partition coefficient (Wildman–Crippen LogP) is 3.54. The average Bonchev–Trinajstić information content (AvgIpc) is 2.27. The maximum Gasteiger partial charge on any atom is 0.274 e. The van der Waals surface area contributed by atoms with Gasteiger partial charge < -0.3 is 5.32 Å². The topological polar surface area (TPSA) is 42.0 Å². The SMILES string of the molecule is Cc1cc(Br)cc(NC(=O)c2cccc(F)n2)c1. The molecule has 0 radical (unpaired) electrons. The standard InChI is InChI=1S/C13H10BrFN2O/c1-8-5-9(14)7-10(6-8)16-13(18)11-3-2-4-12(15)17-11/h2-7H,1H3,(H,16,18). The van der Waals surface area contributed by atoms with E-state index in [1.165, 1.54) is 18.2 Å². The summed E-state index contributed by atoms with van der Waals surface area (Å²) >= 11 is 3.34. The van der Waals surface area contributed by atoms with Crippen LogP contribution in [0.1, 0.15) is 16.1 Å². The number of rotatable bonds is 2. The van der Waals surface area contributed by atoms with E-state index in [9.17, 15) is 9.18 Å². The van der Waals surface area contributed by atoms with Crippen molar-refractivity contribution in [3.05, 3.63) is 58.1 Å². The molecule has 0 unspecified atom stereocenters. The number of carbonyl (C=O) groups excluding carboxylic acids is 1. The highest BCUT2D eigenvalue weighted by Crippen LogP contribution is 2.19. The molecule has 2 rings (SSSR count). The lowest BCUT2D eigenvalue weighted by atomic mass is 10.2. The lowest BCUT2D eigenvalue weighted by Crippen LogP contribution is -2.14. The van der Waals surface area contributed by atoms with E-state index in [0.29, 0.717) is 5.69 Å². The van der Waals surface area contributed by atoms with E-state index in [-0.39, 0.29) is 5.69 Å². The van der Waals surface area contributed by atoms with Crippen LogP contribution in [0, 0.1) is 12.9 Å². The van der Waals surface area contributed by atoms with Gasteiger partial charge in [0, 0.05) is 10.2 Å². The molecular formula is C13H10BrFN2O. The number of anilines is 1. The minimum absolute atomic E-state index is 0.0487. The molecular weight excluding hydrogens is 299 g/mol. The van der Waals surface area contributed by atoms with Crippen LogP contribution < -0.4 is 5.32 Å². The van der Waals surface area contributed by atoms with E-state index in [2.05, 4.69) is 26.2 Å². The Hall–Kier alpha value is -1.75. The summed E-state index contributed by atoms with van der Waals surface area (Å²) in [6.45, 7) is 1.92. The molecule has 1 amide bonds. The summed E-state index contributed by atoms with van der Waals surface area (Å²) in [6.07, 6.45) is 0. The van der Waals surface area contributed by atoms with E-state index < -0.39 is 11.9 Å². The van der Waals surface area contributed by atoms with Crippen LogP contribution in [0.4, 0.5) is 10.1 Å². The fourth-order valence-corrected chi connectivity index (χ4v) is 2.15. The van der Waals surface area contributed by atoms with E-state index in [1.807, 2.05) is 19.1 Å². The Kier molecular flexibility index (Phi) is 3.72. The van der Waals surface area contributed by atoms with Crippen LogP contribution in [0.5, 0.6) is 0 Å². The molecule has 2 aromatic rings. The van der Waals surface area contributed by atoms with Crippen molar-refractivity contribution in [3.63, 3.8) is 0 Å². The van der Waals surface area contributed by atoms with Crippen molar-refractivity contribution in [1.29, 1.82) is 0 Å². The molecule has 0 aliphatic heterocycles. The molecule has 1 aromatic carbocycles. The van der Waals surface area contributed by atoms with E-state index in [1.54, 1.807) is 6.07 Å². The number of amides is 1. The number of aromatic nitrogens is 1. The van der Waals surface area contributed by atoms with Gasteiger partial charge in [-0.3, -0.25) is 4.79 Å². The Morgan fingerprint density at radius 2 is 2.11 bits per heavy atom. The molecule has 0 aliphatic carbocycles. The normalized spacial score (nSPS) is 10.2. The predicted molar refractivity (Wildman–Crippen MR) is 71.0 cm³/mol. The Morgan fingerprint density at radius 3 is 2.78 bits per heavy atom. The summed E-state index contributed by atoms with van der Waals surface area (Å²) in [5.41, 5.74) is 1.69. The lowest BCUT2D eigenvalue weighted by molar-refractivity contribution is 0.102. The van der Waals surface area contributed by atoms with Crippen LogP contribution in [-0.2, 0) is 0 Å². The summed E-state index contributed by atoms with van der Waals surface area (Å²) in [5.74, 6) is -1.11. The van der Waals surface area contributed by atoms with Crippen LogP contribution in [0.15, 0.2) is 40.9 Å². The Balaban J connectivity index is 2.21. The number of hydrogen-bond donors (Lipinski definition) is 1. The van der Waals surface area contributed by atoms with Gasteiger partial charge in [-0.25, -0.2) is 4.98 Å². The van der Waals surface area contributed by atoms with E-state index in [4.69, 9.17) is 0 Å². The van der Waals surface area contributed by atoms with Gasteiger partial charge in [0.25, 0.3) is 5.91 Å². The van der Waals surface area contributed by atoms with Gasteiger partial charge in [-0.15, -0.1) is 0 Å². The molecule has 3 nitrogen and oxygen atoms in total. The van der Waals surface area contributed by atoms with Crippen LogP contribution in [-0.4, -0.2) is 10.9 Å². The molecule has 5 heteroatoms. The largest absolute Gasteiger partial charge is 0.321 e. The van der Waals surface area contributed by atoms with Crippen molar-refractivity contribution in [1.82, 2.24) is 4.98 Å². The molecule has 0 saturated heterocycles. The fourth-order valence-electron chi connectivity index (χ4n) is 1.54. The third-order valence-electron chi connectivity index (χ3n) is 2.25. The first-order chi connectivity index (χ1) is 8.54. The van der Waals surface area contributed by atoms with E-state index in [0.717, 1.165) is 10.0 Å². The van der Waals surface area contributed by atoms with Crippen LogP contribution in [0.3, 0.4) is 0 Å². The highest BCUT2D eigenvalue weighted by molar-refractivity contribution is 9.10. The maximum atomic E-state index is 12.9. The van der Waals surface area contributed by atoms with Crippen LogP contribution in [0.2, 0.25) is 0 Å². The van der Waals surface area contributed by atoms with Crippen molar-refractivity contribution in [2.45, 2.75) is 6.92 Å². The first-order valence-electron chi connectivity index (χ1n) is 5.26. The monoisotopic (exact) mass is 308 g/mol. The molecule has 0 bridgehead atoms. The maximum absolute atomic E-state index is 12.9. The number of benzene rings is 1. The summed E-state index contributed by atoms with van der Waals surface area (Å²) in [6, 6.07) is 9.62. The summed E-state index contributed by atoms with van der Waals surface area (Å²) in [4.78, 5) is 15.4. The Morgan fingerprint density at radius 1 is 1.33 bits per heavy atom. The van der Waals surface area contributed by atoms with Crippen LogP contribution in [0.25, 0.3) is 0 Å². The second-order valence-electron chi connectivity index (χ2n) is 3.82. The van der Waals surface area contributed by atoms with Gasteiger partial charge in [0.1, 0.15) is 5.69 Å². The number of nitrogens with zero attached hydrogens (tertiary/aromatic N) is 1. The van der Waals surface area contributed by atoms with Gasteiger partial charge in [0.15, 0.2) is 0 Å². The molecule has 1 N–H and O–H groups in total. The third kappa shape index (κ3) is 3.13. The number of pyridine rings is 1. The average molecular weight is 309 g/mol. The molecule has 1 aromatic heterocycles.